The Morgan fingerprint density at radius 3 is 2.92 bits per heavy atom. The smallest absolute Gasteiger partial charge is 0.255 e. The van der Waals surface area contributed by atoms with Crippen molar-refractivity contribution in [1.29, 1.82) is 0 Å². The molecular formula is C17H20N4O3. The standard InChI is InChI=1S/C17H20N4O3/c1-20(2)16-14(4-3-8-18-16)24-13-7-9-21(11-13)17(23)12-5-6-15(22)19-10-12/h3-6,8,10,13H,7,9,11H2,1-2H3,(H,19,22)/t13-/m1/s1. The van der Waals surface area contributed by atoms with Gasteiger partial charge >= 0.3 is 0 Å². The van der Waals surface area contributed by atoms with Crippen molar-refractivity contribution in [3.8, 4) is 5.75 Å². The number of amides is 1. The number of carbonyl (C=O) groups excluding carboxylic acids is 1. The predicted octanol–water partition coefficient (Wildman–Crippen LogP) is 1.13. The van der Waals surface area contributed by atoms with Crippen LogP contribution < -0.4 is 15.2 Å². The van der Waals surface area contributed by atoms with Gasteiger partial charge in [0, 0.05) is 45.5 Å². The summed E-state index contributed by atoms with van der Waals surface area (Å²) in [4.78, 5) is 34.0. The lowest BCUT2D eigenvalue weighted by molar-refractivity contribution is 0.0772. The largest absolute Gasteiger partial charge is 0.485 e. The zero-order valence-electron chi connectivity index (χ0n) is 13.7. The van der Waals surface area contributed by atoms with Crippen LogP contribution in [0.2, 0.25) is 0 Å². The molecule has 0 unspecified atom stereocenters. The number of nitrogens with one attached hydrogen (secondary N) is 1. The molecule has 0 radical (unpaired) electrons. The normalized spacial score (nSPS) is 16.9. The van der Waals surface area contributed by atoms with Crippen LogP contribution in [-0.4, -0.2) is 54.1 Å². The monoisotopic (exact) mass is 328 g/mol. The lowest BCUT2D eigenvalue weighted by Crippen LogP contribution is -2.31. The van der Waals surface area contributed by atoms with Crippen LogP contribution in [0.5, 0.6) is 5.75 Å². The molecule has 0 aromatic carbocycles. The molecule has 3 rings (SSSR count). The van der Waals surface area contributed by atoms with Gasteiger partial charge in [0.25, 0.3) is 5.91 Å². The van der Waals surface area contributed by atoms with E-state index >= 15 is 0 Å². The van der Waals surface area contributed by atoms with E-state index in [1.165, 1.54) is 12.3 Å². The highest BCUT2D eigenvalue weighted by Crippen LogP contribution is 2.27. The first kappa shape index (κ1) is 16.0. The number of ether oxygens (including phenoxy) is 1. The number of anilines is 1. The Bertz CT molecular complexity index is 767. The summed E-state index contributed by atoms with van der Waals surface area (Å²) in [5.41, 5.74) is 0.257. The Hall–Kier alpha value is -2.83. The van der Waals surface area contributed by atoms with Crippen LogP contribution in [0, 0.1) is 0 Å². The quantitative estimate of drug-likeness (QED) is 0.910. The first-order chi connectivity index (χ1) is 11.5. The number of aromatic nitrogens is 2. The molecule has 7 nitrogen and oxygen atoms in total. The second kappa shape index (κ2) is 6.74. The van der Waals surface area contributed by atoms with E-state index in [1.807, 2.05) is 31.1 Å². The van der Waals surface area contributed by atoms with E-state index in [1.54, 1.807) is 17.2 Å². The molecular weight excluding hydrogens is 308 g/mol. The molecule has 0 bridgehead atoms. The van der Waals surface area contributed by atoms with E-state index in [4.69, 9.17) is 4.74 Å². The van der Waals surface area contributed by atoms with Gasteiger partial charge in [0.15, 0.2) is 11.6 Å². The Morgan fingerprint density at radius 2 is 2.21 bits per heavy atom. The maximum Gasteiger partial charge on any atom is 0.255 e. The minimum Gasteiger partial charge on any atom is -0.485 e. The van der Waals surface area contributed by atoms with Crippen LogP contribution in [-0.2, 0) is 0 Å². The van der Waals surface area contributed by atoms with Gasteiger partial charge in [-0.25, -0.2) is 4.98 Å². The maximum atomic E-state index is 12.5. The number of carbonyl (C=O) groups is 1. The van der Waals surface area contributed by atoms with Gasteiger partial charge in [0.05, 0.1) is 12.1 Å². The molecule has 1 aliphatic heterocycles. The second-order valence-corrected chi connectivity index (χ2v) is 5.94. The van der Waals surface area contributed by atoms with Gasteiger partial charge in [0.2, 0.25) is 5.56 Å². The summed E-state index contributed by atoms with van der Waals surface area (Å²) < 4.78 is 6.05. The van der Waals surface area contributed by atoms with Gasteiger partial charge in [-0.05, 0) is 18.2 Å². The number of hydrogen-bond acceptors (Lipinski definition) is 5. The molecule has 1 atom stereocenters. The van der Waals surface area contributed by atoms with E-state index in [9.17, 15) is 9.59 Å². The fourth-order valence-corrected chi connectivity index (χ4v) is 2.72. The molecule has 126 valence electrons. The van der Waals surface area contributed by atoms with Crippen molar-refractivity contribution in [2.24, 2.45) is 0 Å². The first-order valence-corrected chi connectivity index (χ1v) is 7.81. The number of aromatic amines is 1. The number of pyridine rings is 2. The molecule has 1 amide bonds. The highest BCUT2D eigenvalue weighted by atomic mass is 16.5. The van der Waals surface area contributed by atoms with Crippen LogP contribution in [0.1, 0.15) is 16.8 Å². The molecule has 2 aromatic heterocycles. The molecule has 0 spiro atoms. The summed E-state index contributed by atoms with van der Waals surface area (Å²) in [5.74, 6) is 1.38. The van der Waals surface area contributed by atoms with Gasteiger partial charge < -0.3 is 19.5 Å². The highest BCUT2D eigenvalue weighted by Gasteiger charge is 2.29. The average molecular weight is 328 g/mol. The van der Waals surface area contributed by atoms with Gasteiger partial charge in [-0.1, -0.05) is 0 Å². The molecule has 1 N–H and O–H groups in total. The van der Waals surface area contributed by atoms with Gasteiger partial charge in [-0.3, -0.25) is 9.59 Å². The summed E-state index contributed by atoms with van der Waals surface area (Å²) in [5, 5.41) is 0. The minimum absolute atomic E-state index is 0.0698. The number of rotatable bonds is 4. The van der Waals surface area contributed by atoms with Gasteiger partial charge in [-0.2, -0.15) is 0 Å². The molecule has 1 saturated heterocycles. The van der Waals surface area contributed by atoms with Crippen LogP contribution in [0.15, 0.2) is 41.5 Å². The minimum atomic E-state index is -0.220. The predicted molar refractivity (Wildman–Crippen MR) is 90.6 cm³/mol. The molecule has 0 aliphatic carbocycles. The Labute approximate surface area is 139 Å². The Morgan fingerprint density at radius 1 is 1.38 bits per heavy atom. The van der Waals surface area contributed by atoms with E-state index in [-0.39, 0.29) is 17.6 Å². The lowest BCUT2D eigenvalue weighted by Gasteiger charge is -2.20. The summed E-state index contributed by atoms with van der Waals surface area (Å²) >= 11 is 0. The zero-order valence-corrected chi connectivity index (χ0v) is 13.7. The van der Waals surface area contributed by atoms with Gasteiger partial charge in [-0.15, -0.1) is 0 Å². The fourth-order valence-electron chi connectivity index (χ4n) is 2.72. The Kier molecular flexibility index (Phi) is 4.50. The van der Waals surface area contributed by atoms with Crippen molar-refractivity contribution in [3.05, 3.63) is 52.6 Å². The van der Waals surface area contributed by atoms with Crippen molar-refractivity contribution in [2.75, 3.05) is 32.1 Å². The van der Waals surface area contributed by atoms with E-state index in [0.29, 0.717) is 24.4 Å². The second-order valence-electron chi connectivity index (χ2n) is 5.94. The van der Waals surface area contributed by atoms with Crippen molar-refractivity contribution in [3.63, 3.8) is 0 Å². The third-order valence-corrected chi connectivity index (χ3v) is 3.93. The molecule has 7 heteroatoms. The van der Waals surface area contributed by atoms with Crippen molar-refractivity contribution < 1.29 is 9.53 Å². The zero-order chi connectivity index (χ0) is 17.1. The van der Waals surface area contributed by atoms with Crippen molar-refractivity contribution >= 4 is 11.7 Å². The maximum absolute atomic E-state index is 12.5. The summed E-state index contributed by atoms with van der Waals surface area (Å²) in [6.45, 7) is 1.14. The molecule has 3 heterocycles. The molecule has 1 fully saturated rings. The van der Waals surface area contributed by atoms with Gasteiger partial charge in [0.1, 0.15) is 6.10 Å². The molecule has 2 aromatic rings. The van der Waals surface area contributed by atoms with Crippen molar-refractivity contribution in [1.82, 2.24) is 14.9 Å². The third kappa shape index (κ3) is 3.40. The van der Waals surface area contributed by atoms with Crippen LogP contribution >= 0.6 is 0 Å². The average Bonchev–Trinajstić information content (AvgIpc) is 3.04. The lowest BCUT2D eigenvalue weighted by atomic mass is 10.2. The van der Waals surface area contributed by atoms with E-state index in [2.05, 4.69) is 9.97 Å². The molecule has 0 saturated carbocycles. The Balaban J connectivity index is 1.66. The number of nitrogens with zero attached hydrogens (tertiary/aromatic N) is 3. The summed E-state index contributed by atoms with van der Waals surface area (Å²) in [7, 11) is 3.83. The van der Waals surface area contributed by atoms with E-state index in [0.717, 1.165) is 12.2 Å². The fraction of sp³-hybridized carbons (Fsp3) is 0.353. The number of hydrogen-bond donors (Lipinski definition) is 1. The topological polar surface area (TPSA) is 78.5 Å². The third-order valence-electron chi connectivity index (χ3n) is 3.93. The highest BCUT2D eigenvalue weighted by molar-refractivity contribution is 5.94. The molecule has 24 heavy (non-hydrogen) atoms. The van der Waals surface area contributed by atoms with Crippen molar-refractivity contribution in [2.45, 2.75) is 12.5 Å². The number of H-pyrrole nitrogens is 1. The first-order valence-electron chi connectivity index (χ1n) is 7.81. The number of likely N-dealkylation sites (tertiary alicyclic amines) is 1. The van der Waals surface area contributed by atoms with Crippen LogP contribution in [0.4, 0.5) is 5.82 Å². The van der Waals surface area contributed by atoms with Crippen LogP contribution in [0.3, 0.4) is 0 Å². The SMILES string of the molecule is CN(C)c1ncccc1O[C@@H]1CCN(C(=O)c2ccc(=O)[nH]c2)C1. The summed E-state index contributed by atoms with van der Waals surface area (Å²) in [6.07, 6.45) is 3.86. The summed E-state index contributed by atoms with van der Waals surface area (Å²) in [6, 6.07) is 6.62. The molecule has 1 aliphatic rings. The van der Waals surface area contributed by atoms with Crippen LogP contribution in [0.25, 0.3) is 0 Å². The van der Waals surface area contributed by atoms with E-state index < -0.39 is 0 Å².